The van der Waals surface area contributed by atoms with Crippen LogP contribution in [-0.4, -0.2) is 61.5 Å². The molecule has 3 N–H and O–H groups in total. The molecule has 0 radical (unpaired) electrons. The summed E-state index contributed by atoms with van der Waals surface area (Å²) in [5, 5.41) is 11.8. The van der Waals surface area contributed by atoms with Gasteiger partial charge in [-0.05, 0) is 55.4 Å². The molecular weight excluding hydrogens is 523 g/mol. The highest BCUT2D eigenvalue weighted by Crippen LogP contribution is 2.28. The van der Waals surface area contributed by atoms with Crippen molar-refractivity contribution in [3.8, 4) is 0 Å². The number of carbonyl (C=O) groups is 1. The molecule has 1 aliphatic rings. The molecule has 0 aromatic carbocycles. The maximum Gasteiger partial charge on any atom is 0.252 e. The lowest BCUT2D eigenvalue weighted by atomic mass is 9.97. The van der Waals surface area contributed by atoms with Gasteiger partial charge in [0.1, 0.15) is 0 Å². The van der Waals surface area contributed by atoms with Crippen LogP contribution in [0.15, 0.2) is 47.0 Å². The van der Waals surface area contributed by atoms with E-state index < -0.39 is 0 Å². The molecule has 1 amide bonds. The van der Waals surface area contributed by atoms with E-state index in [-0.39, 0.29) is 29.9 Å². The summed E-state index contributed by atoms with van der Waals surface area (Å²) in [7, 11) is 1.77. The smallest absolute Gasteiger partial charge is 0.252 e. The summed E-state index contributed by atoms with van der Waals surface area (Å²) in [5.74, 6) is 1.44. The highest BCUT2D eigenvalue weighted by atomic mass is 127. The molecule has 0 bridgehead atoms. The molecule has 0 saturated carbocycles. The van der Waals surface area contributed by atoms with E-state index in [1.165, 1.54) is 17.7 Å². The number of amides is 1. The van der Waals surface area contributed by atoms with E-state index >= 15 is 0 Å². The Bertz CT molecular complexity index is 794. The van der Waals surface area contributed by atoms with Gasteiger partial charge in [-0.2, -0.15) is 0 Å². The van der Waals surface area contributed by atoms with Crippen molar-refractivity contribution in [3.63, 3.8) is 0 Å². The summed E-state index contributed by atoms with van der Waals surface area (Å²) >= 11 is 1.81. The first kappa shape index (κ1) is 25.5. The van der Waals surface area contributed by atoms with Gasteiger partial charge in [0.15, 0.2) is 5.96 Å². The third kappa shape index (κ3) is 8.04. The van der Waals surface area contributed by atoms with Gasteiger partial charge in [-0.25, -0.2) is 0 Å². The van der Waals surface area contributed by atoms with Gasteiger partial charge in [-0.1, -0.05) is 13.0 Å². The molecule has 3 heterocycles. The Balaban J connectivity index is 0.00000341. The molecule has 170 valence electrons. The zero-order valence-electron chi connectivity index (χ0n) is 18.2. The van der Waals surface area contributed by atoms with Gasteiger partial charge in [-0.15, -0.1) is 35.3 Å². The second kappa shape index (κ2) is 13.6. The lowest BCUT2D eigenvalue weighted by molar-refractivity contribution is 0.0954. The summed E-state index contributed by atoms with van der Waals surface area (Å²) in [6, 6.07) is 8.20. The largest absolute Gasteiger partial charge is 0.355 e. The minimum Gasteiger partial charge on any atom is -0.355 e. The number of nitrogens with one attached hydrogen (secondary N) is 3. The van der Waals surface area contributed by atoms with E-state index in [4.69, 9.17) is 0 Å². The van der Waals surface area contributed by atoms with E-state index in [0.717, 1.165) is 31.5 Å². The number of aromatic nitrogens is 1. The van der Waals surface area contributed by atoms with Crippen LogP contribution in [-0.2, 0) is 0 Å². The number of nitrogens with zero attached hydrogens (tertiary/aromatic N) is 3. The Kier molecular flexibility index (Phi) is 11.2. The van der Waals surface area contributed by atoms with Crippen molar-refractivity contribution in [1.29, 1.82) is 0 Å². The van der Waals surface area contributed by atoms with E-state index in [1.807, 2.05) is 11.3 Å². The summed E-state index contributed by atoms with van der Waals surface area (Å²) in [4.78, 5) is 24.3. The molecule has 7 nitrogen and oxygen atoms in total. The van der Waals surface area contributed by atoms with Crippen LogP contribution in [0.1, 0.15) is 41.0 Å². The summed E-state index contributed by atoms with van der Waals surface area (Å²) in [6.45, 7) is 6.52. The third-order valence-corrected chi connectivity index (χ3v) is 6.42. The van der Waals surface area contributed by atoms with E-state index in [0.29, 0.717) is 24.7 Å². The monoisotopic (exact) mass is 556 g/mol. The molecule has 9 heteroatoms. The number of guanidine groups is 1. The molecule has 2 aromatic heterocycles. The van der Waals surface area contributed by atoms with Crippen molar-refractivity contribution in [2.45, 2.75) is 25.8 Å². The minimum atomic E-state index is -0.120. The average molecular weight is 557 g/mol. The molecule has 0 spiro atoms. The van der Waals surface area contributed by atoms with Crippen LogP contribution in [0.3, 0.4) is 0 Å². The van der Waals surface area contributed by atoms with E-state index in [9.17, 15) is 4.79 Å². The number of hydrogen-bond acceptors (Lipinski definition) is 5. The second-order valence-corrected chi connectivity index (χ2v) is 8.61. The van der Waals surface area contributed by atoms with Crippen LogP contribution < -0.4 is 16.0 Å². The predicted molar refractivity (Wildman–Crippen MR) is 138 cm³/mol. The van der Waals surface area contributed by atoms with Crippen molar-refractivity contribution in [2.75, 3.05) is 39.8 Å². The first-order valence-electron chi connectivity index (χ1n) is 10.6. The van der Waals surface area contributed by atoms with Gasteiger partial charge in [0.25, 0.3) is 5.91 Å². The summed E-state index contributed by atoms with van der Waals surface area (Å²) in [5.41, 5.74) is 0.564. The fourth-order valence-corrected chi connectivity index (χ4v) is 4.46. The molecule has 1 saturated heterocycles. The summed E-state index contributed by atoms with van der Waals surface area (Å²) < 4.78 is 0. The van der Waals surface area contributed by atoms with Crippen LogP contribution in [0.2, 0.25) is 0 Å². The number of pyridine rings is 1. The Morgan fingerprint density at radius 3 is 2.65 bits per heavy atom. The zero-order valence-corrected chi connectivity index (χ0v) is 21.4. The SMILES string of the molecule is CN=C(NCCNC(=O)c1cccnc1)NCC(c1cccs1)N1CCC(C)CC1.I. The van der Waals surface area contributed by atoms with Crippen LogP contribution in [0.25, 0.3) is 0 Å². The van der Waals surface area contributed by atoms with Crippen molar-refractivity contribution in [2.24, 2.45) is 10.9 Å². The molecule has 1 atom stereocenters. The quantitative estimate of drug-likeness (QED) is 0.202. The number of hydrogen-bond donors (Lipinski definition) is 3. The number of aliphatic imine (C=N–C) groups is 1. The first-order chi connectivity index (χ1) is 14.7. The highest BCUT2D eigenvalue weighted by Gasteiger charge is 2.25. The molecule has 2 aromatic rings. The normalized spacial score (nSPS) is 16.3. The van der Waals surface area contributed by atoms with Gasteiger partial charge in [0, 0.05) is 44.0 Å². The number of likely N-dealkylation sites (tertiary alicyclic amines) is 1. The van der Waals surface area contributed by atoms with Crippen molar-refractivity contribution < 1.29 is 4.79 Å². The van der Waals surface area contributed by atoms with Crippen molar-refractivity contribution in [3.05, 3.63) is 52.5 Å². The highest BCUT2D eigenvalue weighted by molar-refractivity contribution is 14.0. The van der Waals surface area contributed by atoms with Crippen LogP contribution in [0, 0.1) is 5.92 Å². The maximum atomic E-state index is 12.1. The molecule has 31 heavy (non-hydrogen) atoms. The predicted octanol–water partition coefficient (Wildman–Crippen LogP) is 3.13. The second-order valence-electron chi connectivity index (χ2n) is 7.63. The van der Waals surface area contributed by atoms with E-state index in [1.54, 1.807) is 31.6 Å². The Morgan fingerprint density at radius 1 is 1.23 bits per heavy atom. The number of carbonyl (C=O) groups excluding carboxylic acids is 1. The number of halogens is 1. The molecule has 1 aliphatic heterocycles. The topological polar surface area (TPSA) is 81.6 Å². The lowest BCUT2D eigenvalue weighted by Crippen LogP contribution is -2.46. The fraction of sp³-hybridized carbons (Fsp3) is 0.500. The van der Waals surface area contributed by atoms with Gasteiger partial charge in [-0.3, -0.25) is 19.7 Å². The molecular formula is C22H33IN6OS. The van der Waals surface area contributed by atoms with Crippen molar-refractivity contribution >= 4 is 47.2 Å². The van der Waals surface area contributed by atoms with Crippen LogP contribution in [0.5, 0.6) is 0 Å². The van der Waals surface area contributed by atoms with Gasteiger partial charge < -0.3 is 16.0 Å². The minimum absolute atomic E-state index is 0. The molecule has 1 unspecified atom stereocenters. The van der Waals surface area contributed by atoms with Crippen LogP contribution >= 0.6 is 35.3 Å². The summed E-state index contributed by atoms with van der Waals surface area (Å²) in [6.07, 6.45) is 5.73. The number of thiophene rings is 1. The standard InChI is InChI=1S/C22H32N6OS.HI/c1-17-7-12-28(13-8-17)19(20-6-4-14-30-20)16-27-22(23-2)26-11-10-25-21(29)18-5-3-9-24-15-18;/h3-6,9,14-15,17,19H,7-8,10-13,16H2,1-2H3,(H,25,29)(H2,23,26,27);1H. The van der Waals surface area contributed by atoms with Gasteiger partial charge in [0.2, 0.25) is 0 Å². The third-order valence-electron chi connectivity index (χ3n) is 5.44. The van der Waals surface area contributed by atoms with Gasteiger partial charge in [0.05, 0.1) is 11.6 Å². The van der Waals surface area contributed by atoms with Crippen LogP contribution in [0.4, 0.5) is 0 Å². The molecule has 3 rings (SSSR count). The van der Waals surface area contributed by atoms with Gasteiger partial charge >= 0.3 is 0 Å². The van der Waals surface area contributed by atoms with Crippen molar-refractivity contribution in [1.82, 2.24) is 25.8 Å². The Morgan fingerprint density at radius 2 is 2.00 bits per heavy atom. The molecule has 0 aliphatic carbocycles. The maximum absolute atomic E-state index is 12.1. The lowest BCUT2D eigenvalue weighted by Gasteiger charge is -2.36. The number of piperidine rings is 1. The Labute approximate surface area is 206 Å². The average Bonchev–Trinajstić information content (AvgIpc) is 3.31. The van der Waals surface area contributed by atoms with E-state index in [2.05, 4.69) is 55.3 Å². The zero-order chi connectivity index (χ0) is 21.2. The number of rotatable bonds is 8. The molecule has 1 fully saturated rings. The Hall–Kier alpha value is -1.72. The fourth-order valence-electron chi connectivity index (χ4n) is 3.60. The first-order valence-corrected chi connectivity index (χ1v) is 11.5.